The third-order valence-electron chi connectivity index (χ3n) is 1.65. The Bertz CT molecular complexity index is 399. The third kappa shape index (κ3) is 2.24. The number of nitrogens with zero attached hydrogens (tertiary/aromatic N) is 2. The molecule has 3 nitrogen and oxygen atoms in total. The van der Waals surface area contributed by atoms with Gasteiger partial charge in [-0.15, -0.1) is 0 Å². The summed E-state index contributed by atoms with van der Waals surface area (Å²) in [5.41, 5.74) is 0.712. The largest absolute Gasteiger partial charge is 0.494 e. The minimum absolute atomic E-state index is 0.342. The lowest BCUT2D eigenvalue weighted by Crippen LogP contribution is -1.96. The van der Waals surface area contributed by atoms with Crippen molar-refractivity contribution in [3.05, 3.63) is 36.2 Å². The maximum Gasteiger partial charge on any atom is 0.120 e. The van der Waals surface area contributed by atoms with Crippen LogP contribution in [0.3, 0.4) is 0 Å². The molecular weight excluding hydrogens is 176 g/mol. The average Bonchev–Trinajstić information content (AvgIpc) is 2.25. The van der Waals surface area contributed by atoms with Gasteiger partial charge in [-0.05, 0) is 31.5 Å². The summed E-state index contributed by atoms with van der Waals surface area (Å²) in [5, 5.41) is 17.4. The smallest absolute Gasteiger partial charge is 0.120 e. The van der Waals surface area contributed by atoms with E-state index in [0.717, 1.165) is 0 Å². The molecule has 0 aliphatic heterocycles. The van der Waals surface area contributed by atoms with Crippen LogP contribution in [0.1, 0.15) is 17.5 Å². The first-order valence-electron chi connectivity index (χ1n) is 4.18. The molecule has 1 radical (unpaired) electrons. The van der Waals surface area contributed by atoms with Crippen molar-refractivity contribution in [3.63, 3.8) is 0 Å². The molecule has 3 heteroatoms. The Morgan fingerprint density at radius 3 is 2.50 bits per heavy atom. The van der Waals surface area contributed by atoms with Gasteiger partial charge in [0.25, 0.3) is 0 Å². The van der Waals surface area contributed by atoms with Crippen molar-refractivity contribution in [3.8, 4) is 17.9 Å². The van der Waals surface area contributed by atoms with E-state index in [1.807, 2.05) is 12.1 Å². The molecule has 0 N–H and O–H groups in total. The minimum Gasteiger partial charge on any atom is -0.494 e. The molecule has 0 spiro atoms. The van der Waals surface area contributed by atoms with Crippen LogP contribution in [-0.4, -0.2) is 6.61 Å². The normalized spacial score (nSPS) is 8.79. The van der Waals surface area contributed by atoms with Crippen molar-refractivity contribution in [1.29, 1.82) is 10.5 Å². The molecule has 69 valence electrons. The number of rotatable bonds is 3. The van der Waals surface area contributed by atoms with Crippen molar-refractivity contribution in [2.45, 2.75) is 6.42 Å². The summed E-state index contributed by atoms with van der Waals surface area (Å²) in [6, 6.07) is 8.70. The molecular formula is C11H9N2O. The summed E-state index contributed by atoms with van der Waals surface area (Å²) in [5.74, 6) is 0.601. The van der Waals surface area contributed by atoms with Crippen molar-refractivity contribution in [1.82, 2.24) is 0 Å². The van der Waals surface area contributed by atoms with Crippen LogP contribution in [-0.2, 0) is 0 Å². The lowest BCUT2D eigenvalue weighted by atomic mass is 10.1. The number of hydrogen-bond donors (Lipinski definition) is 0. The van der Waals surface area contributed by atoms with Crippen LogP contribution in [0.4, 0.5) is 0 Å². The van der Waals surface area contributed by atoms with Gasteiger partial charge in [0.15, 0.2) is 0 Å². The van der Waals surface area contributed by atoms with Gasteiger partial charge >= 0.3 is 0 Å². The lowest BCUT2D eigenvalue weighted by Gasteiger charge is -2.04. The van der Waals surface area contributed by atoms with Gasteiger partial charge in [-0.3, -0.25) is 0 Å². The Morgan fingerprint density at radius 2 is 1.93 bits per heavy atom. The van der Waals surface area contributed by atoms with Crippen LogP contribution in [0, 0.1) is 29.6 Å². The molecule has 0 aliphatic carbocycles. The highest BCUT2D eigenvalue weighted by molar-refractivity contribution is 5.49. The molecule has 0 aliphatic rings. The predicted molar refractivity (Wildman–Crippen MR) is 51.3 cm³/mol. The van der Waals surface area contributed by atoms with Crippen molar-refractivity contribution in [2.24, 2.45) is 0 Å². The van der Waals surface area contributed by atoms with Crippen LogP contribution in [0.25, 0.3) is 0 Å². The summed E-state index contributed by atoms with van der Waals surface area (Å²) < 4.78 is 5.27. The molecule has 0 aromatic heterocycles. The fraction of sp³-hybridized carbons (Fsp3) is 0.182. The lowest BCUT2D eigenvalue weighted by molar-refractivity contribution is 0.324. The van der Waals surface area contributed by atoms with Gasteiger partial charge in [0.05, 0.1) is 17.7 Å². The molecule has 0 unspecified atom stereocenters. The number of benzene rings is 1. The zero-order chi connectivity index (χ0) is 10.4. The van der Waals surface area contributed by atoms with E-state index in [9.17, 15) is 0 Å². The summed E-state index contributed by atoms with van der Waals surface area (Å²) in [6.45, 7) is 4.15. The van der Waals surface area contributed by atoms with E-state index in [2.05, 4.69) is 6.92 Å². The van der Waals surface area contributed by atoms with Crippen molar-refractivity contribution >= 4 is 0 Å². The van der Waals surface area contributed by atoms with Gasteiger partial charge in [0, 0.05) is 0 Å². The average molecular weight is 185 g/mol. The maximum atomic E-state index is 8.73. The highest BCUT2D eigenvalue weighted by atomic mass is 16.5. The van der Waals surface area contributed by atoms with Crippen LogP contribution >= 0.6 is 0 Å². The second-order valence-corrected chi connectivity index (χ2v) is 2.63. The van der Waals surface area contributed by atoms with Crippen molar-refractivity contribution < 1.29 is 4.74 Å². The number of nitriles is 2. The SMILES string of the molecule is [CH2]CCOc1ccc(C#N)c(C#N)c1. The summed E-state index contributed by atoms with van der Waals surface area (Å²) >= 11 is 0. The van der Waals surface area contributed by atoms with Crippen LogP contribution in [0.5, 0.6) is 5.75 Å². The highest BCUT2D eigenvalue weighted by Crippen LogP contribution is 2.16. The minimum atomic E-state index is 0.342. The van der Waals surface area contributed by atoms with E-state index in [0.29, 0.717) is 29.9 Å². The van der Waals surface area contributed by atoms with E-state index in [1.54, 1.807) is 18.2 Å². The molecule has 1 aromatic rings. The van der Waals surface area contributed by atoms with E-state index in [1.165, 1.54) is 0 Å². The molecule has 0 heterocycles. The van der Waals surface area contributed by atoms with Crippen molar-refractivity contribution in [2.75, 3.05) is 6.61 Å². The Labute approximate surface area is 83.2 Å². The first-order valence-corrected chi connectivity index (χ1v) is 4.18. The summed E-state index contributed by atoms with van der Waals surface area (Å²) in [6.07, 6.45) is 0.669. The van der Waals surface area contributed by atoms with E-state index < -0.39 is 0 Å². The fourth-order valence-corrected chi connectivity index (χ4v) is 0.993. The van der Waals surface area contributed by atoms with Gasteiger partial charge in [0.2, 0.25) is 0 Å². The molecule has 0 atom stereocenters. The van der Waals surface area contributed by atoms with Crippen LogP contribution in [0.2, 0.25) is 0 Å². The molecule has 0 saturated heterocycles. The molecule has 1 aromatic carbocycles. The molecule has 0 amide bonds. The number of ether oxygens (including phenoxy) is 1. The molecule has 0 saturated carbocycles. The van der Waals surface area contributed by atoms with E-state index in [-0.39, 0.29) is 0 Å². The second kappa shape index (κ2) is 4.89. The van der Waals surface area contributed by atoms with Gasteiger partial charge in [-0.25, -0.2) is 0 Å². The predicted octanol–water partition coefficient (Wildman–Crippen LogP) is 2.03. The van der Waals surface area contributed by atoms with Gasteiger partial charge in [-0.2, -0.15) is 10.5 Å². The monoisotopic (exact) mass is 185 g/mol. The van der Waals surface area contributed by atoms with E-state index >= 15 is 0 Å². The summed E-state index contributed by atoms with van der Waals surface area (Å²) in [4.78, 5) is 0. The van der Waals surface area contributed by atoms with Gasteiger partial charge < -0.3 is 4.74 Å². The summed E-state index contributed by atoms with van der Waals surface area (Å²) in [7, 11) is 0. The standard InChI is InChI=1S/C11H9N2O/c1-2-5-14-11-4-3-9(7-12)10(6-11)8-13/h3-4,6H,1-2,5H2. The molecule has 14 heavy (non-hydrogen) atoms. The molecule has 1 rings (SSSR count). The number of hydrogen-bond acceptors (Lipinski definition) is 3. The molecule has 0 bridgehead atoms. The van der Waals surface area contributed by atoms with E-state index in [4.69, 9.17) is 15.3 Å². The first kappa shape index (κ1) is 10.1. The topological polar surface area (TPSA) is 56.8 Å². The third-order valence-corrected chi connectivity index (χ3v) is 1.65. The first-order chi connectivity index (χ1) is 6.81. The Morgan fingerprint density at radius 1 is 1.21 bits per heavy atom. The Kier molecular flexibility index (Phi) is 3.52. The Hall–Kier alpha value is -2.00. The van der Waals surface area contributed by atoms with Crippen LogP contribution in [0.15, 0.2) is 18.2 Å². The Balaban J connectivity index is 2.93. The maximum absolute atomic E-state index is 8.73. The molecule has 0 fully saturated rings. The second-order valence-electron chi connectivity index (χ2n) is 2.63. The van der Waals surface area contributed by atoms with Crippen LogP contribution < -0.4 is 4.74 Å². The quantitative estimate of drug-likeness (QED) is 0.723. The highest BCUT2D eigenvalue weighted by Gasteiger charge is 2.02. The zero-order valence-electron chi connectivity index (χ0n) is 7.66. The van der Waals surface area contributed by atoms with Gasteiger partial charge in [-0.1, -0.05) is 0 Å². The fourth-order valence-electron chi connectivity index (χ4n) is 0.993. The zero-order valence-corrected chi connectivity index (χ0v) is 7.66. The van der Waals surface area contributed by atoms with Gasteiger partial charge in [0.1, 0.15) is 17.9 Å².